The normalized spacial score (nSPS) is 11.0. The number of aryl methyl sites for hydroxylation is 2. The molecule has 5 heteroatoms. The summed E-state index contributed by atoms with van der Waals surface area (Å²) in [6, 6.07) is 16.1. The average molecular weight is 347 g/mol. The van der Waals surface area contributed by atoms with E-state index in [1.54, 1.807) is 5.38 Å². The Morgan fingerprint density at radius 1 is 1.12 bits per heavy atom. The van der Waals surface area contributed by atoms with Crippen LogP contribution in [-0.4, -0.2) is 15.9 Å². The molecule has 2 heterocycles. The van der Waals surface area contributed by atoms with Gasteiger partial charge in [-0.05, 0) is 37.6 Å². The van der Waals surface area contributed by atoms with Crippen LogP contribution in [-0.2, 0) is 0 Å². The number of amides is 1. The zero-order chi connectivity index (χ0) is 17.4. The van der Waals surface area contributed by atoms with Crippen molar-refractivity contribution in [2.45, 2.75) is 13.8 Å². The Hall–Kier alpha value is -2.92. The lowest BCUT2D eigenvalue weighted by atomic mass is 10.1. The number of hydrogen-bond acceptors (Lipinski definition) is 3. The SMILES string of the molecule is Cc1ccc(NC(=O)c2csc(-c3cc4ccccc4[nH]3)n2)c(C)c1. The van der Waals surface area contributed by atoms with Crippen molar-refractivity contribution < 1.29 is 4.79 Å². The third-order valence-electron chi connectivity index (χ3n) is 4.13. The molecule has 0 radical (unpaired) electrons. The Kier molecular flexibility index (Phi) is 3.86. The molecule has 0 spiro atoms. The highest BCUT2D eigenvalue weighted by molar-refractivity contribution is 7.13. The van der Waals surface area contributed by atoms with Crippen LogP contribution in [0.15, 0.2) is 53.9 Å². The van der Waals surface area contributed by atoms with Crippen molar-refractivity contribution in [3.63, 3.8) is 0 Å². The monoisotopic (exact) mass is 347 g/mol. The number of nitrogens with zero attached hydrogens (tertiary/aromatic N) is 1. The second kappa shape index (κ2) is 6.18. The predicted octanol–water partition coefficient (Wildman–Crippen LogP) is 5.16. The molecule has 0 fully saturated rings. The van der Waals surface area contributed by atoms with Crippen molar-refractivity contribution in [2.24, 2.45) is 0 Å². The standard InChI is InChI=1S/C20H17N3OS/c1-12-7-8-15(13(2)9-12)22-19(24)18-11-25-20(23-18)17-10-14-5-3-4-6-16(14)21-17/h3-11,21H,1-2H3,(H,22,24). The Bertz CT molecular complexity index is 1040. The lowest BCUT2D eigenvalue weighted by Gasteiger charge is -2.07. The number of thiazole rings is 1. The summed E-state index contributed by atoms with van der Waals surface area (Å²) in [7, 11) is 0. The van der Waals surface area contributed by atoms with E-state index >= 15 is 0 Å². The molecule has 2 aromatic carbocycles. The van der Waals surface area contributed by atoms with Gasteiger partial charge in [-0.2, -0.15) is 0 Å². The second-order valence-electron chi connectivity index (χ2n) is 6.08. The van der Waals surface area contributed by atoms with Crippen molar-refractivity contribution in [3.8, 4) is 10.7 Å². The maximum absolute atomic E-state index is 12.5. The highest BCUT2D eigenvalue weighted by Crippen LogP contribution is 2.27. The van der Waals surface area contributed by atoms with Crippen LogP contribution >= 0.6 is 11.3 Å². The Balaban J connectivity index is 1.58. The summed E-state index contributed by atoms with van der Waals surface area (Å²) in [4.78, 5) is 20.3. The van der Waals surface area contributed by atoms with Gasteiger partial charge >= 0.3 is 0 Å². The number of benzene rings is 2. The second-order valence-corrected chi connectivity index (χ2v) is 6.94. The molecule has 2 aromatic heterocycles. The zero-order valence-corrected chi connectivity index (χ0v) is 14.8. The summed E-state index contributed by atoms with van der Waals surface area (Å²) < 4.78 is 0. The van der Waals surface area contributed by atoms with Crippen LogP contribution in [0.2, 0.25) is 0 Å². The molecule has 0 aliphatic heterocycles. The van der Waals surface area contributed by atoms with Crippen LogP contribution in [0, 0.1) is 13.8 Å². The van der Waals surface area contributed by atoms with Gasteiger partial charge < -0.3 is 10.3 Å². The Labute approximate surface area is 149 Å². The van der Waals surface area contributed by atoms with Crippen LogP contribution in [0.3, 0.4) is 0 Å². The molecule has 0 unspecified atom stereocenters. The molecule has 0 saturated carbocycles. The lowest BCUT2D eigenvalue weighted by molar-refractivity contribution is 0.102. The van der Waals surface area contributed by atoms with Crippen molar-refractivity contribution in [3.05, 3.63) is 70.7 Å². The van der Waals surface area contributed by atoms with E-state index in [1.165, 1.54) is 16.9 Å². The van der Waals surface area contributed by atoms with Crippen LogP contribution in [0.25, 0.3) is 21.6 Å². The third kappa shape index (κ3) is 3.06. The maximum atomic E-state index is 12.5. The molecule has 25 heavy (non-hydrogen) atoms. The molecule has 4 rings (SSSR count). The molecule has 4 aromatic rings. The summed E-state index contributed by atoms with van der Waals surface area (Å²) in [6.07, 6.45) is 0. The maximum Gasteiger partial charge on any atom is 0.275 e. The van der Waals surface area contributed by atoms with Gasteiger partial charge in [0.2, 0.25) is 0 Å². The number of nitrogens with one attached hydrogen (secondary N) is 2. The number of para-hydroxylation sites is 1. The predicted molar refractivity (Wildman–Crippen MR) is 103 cm³/mol. The smallest absolute Gasteiger partial charge is 0.275 e. The van der Waals surface area contributed by atoms with Gasteiger partial charge in [0.25, 0.3) is 5.91 Å². The molecular formula is C20H17N3OS. The quantitative estimate of drug-likeness (QED) is 0.538. The molecule has 1 amide bonds. The summed E-state index contributed by atoms with van der Waals surface area (Å²) in [5, 5.41) is 6.67. The first kappa shape index (κ1) is 15.6. The molecule has 0 saturated heterocycles. The van der Waals surface area contributed by atoms with Crippen LogP contribution in [0.4, 0.5) is 5.69 Å². The van der Waals surface area contributed by atoms with Crippen molar-refractivity contribution >= 4 is 33.8 Å². The van der Waals surface area contributed by atoms with E-state index in [-0.39, 0.29) is 5.91 Å². The van der Waals surface area contributed by atoms with E-state index in [9.17, 15) is 4.79 Å². The fraction of sp³-hybridized carbons (Fsp3) is 0.100. The van der Waals surface area contributed by atoms with Gasteiger partial charge in [-0.3, -0.25) is 4.79 Å². The molecular weight excluding hydrogens is 330 g/mol. The van der Waals surface area contributed by atoms with Gasteiger partial charge in [-0.1, -0.05) is 35.9 Å². The average Bonchev–Trinajstić information content (AvgIpc) is 3.23. The van der Waals surface area contributed by atoms with E-state index in [2.05, 4.69) is 27.4 Å². The topological polar surface area (TPSA) is 57.8 Å². The zero-order valence-electron chi connectivity index (χ0n) is 14.0. The van der Waals surface area contributed by atoms with Gasteiger partial charge in [-0.15, -0.1) is 11.3 Å². The Morgan fingerprint density at radius 2 is 1.96 bits per heavy atom. The molecule has 0 bridgehead atoms. The van der Waals surface area contributed by atoms with E-state index in [1.807, 2.05) is 50.2 Å². The van der Waals surface area contributed by atoms with Gasteiger partial charge in [0.05, 0.1) is 5.69 Å². The molecule has 0 aliphatic rings. The fourth-order valence-electron chi connectivity index (χ4n) is 2.83. The van der Waals surface area contributed by atoms with Crippen LogP contribution < -0.4 is 5.32 Å². The van der Waals surface area contributed by atoms with Gasteiger partial charge in [0.1, 0.15) is 10.7 Å². The minimum absolute atomic E-state index is 0.189. The highest BCUT2D eigenvalue weighted by atomic mass is 32.1. The summed E-state index contributed by atoms with van der Waals surface area (Å²) in [5.74, 6) is -0.189. The van der Waals surface area contributed by atoms with Crippen molar-refractivity contribution in [1.82, 2.24) is 9.97 Å². The number of H-pyrrole nitrogens is 1. The molecule has 0 atom stereocenters. The number of rotatable bonds is 3. The number of carbonyl (C=O) groups excluding carboxylic acids is 1. The number of aromatic nitrogens is 2. The van der Waals surface area contributed by atoms with E-state index in [4.69, 9.17) is 0 Å². The summed E-state index contributed by atoms with van der Waals surface area (Å²) in [6.45, 7) is 4.02. The number of aromatic amines is 1. The van der Waals surface area contributed by atoms with Gasteiger partial charge in [0.15, 0.2) is 0 Å². The number of carbonyl (C=O) groups is 1. The minimum atomic E-state index is -0.189. The first-order valence-corrected chi connectivity index (χ1v) is 8.90. The summed E-state index contributed by atoms with van der Waals surface area (Å²) in [5.41, 5.74) is 5.45. The highest BCUT2D eigenvalue weighted by Gasteiger charge is 2.14. The summed E-state index contributed by atoms with van der Waals surface area (Å²) >= 11 is 1.46. The van der Waals surface area contributed by atoms with E-state index in [0.717, 1.165) is 32.9 Å². The van der Waals surface area contributed by atoms with Crippen LogP contribution in [0.1, 0.15) is 21.6 Å². The lowest BCUT2D eigenvalue weighted by Crippen LogP contribution is -2.13. The van der Waals surface area contributed by atoms with Crippen LogP contribution in [0.5, 0.6) is 0 Å². The van der Waals surface area contributed by atoms with Gasteiger partial charge in [0, 0.05) is 22.0 Å². The third-order valence-corrected chi connectivity index (χ3v) is 5.00. The fourth-order valence-corrected chi connectivity index (χ4v) is 3.60. The molecule has 0 aliphatic carbocycles. The molecule has 124 valence electrons. The first-order chi connectivity index (χ1) is 12.1. The van der Waals surface area contributed by atoms with Gasteiger partial charge in [-0.25, -0.2) is 4.98 Å². The first-order valence-electron chi connectivity index (χ1n) is 8.02. The number of anilines is 1. The largest absolute Gasteiger partial charge is 0.353 e. The van der Waals surface area contributed by atoms with E-state index in [0.29, 0.717) is 5.69 Å². The number of fused-ring (bicyclic) bond motifs is 1. The van der Waals surface area contributed by atoms with E-state index < -0.39 is 0 Å². The Morgan fingerprint density at radius 3 is 2.76 bits per heavy atom. The number of hydrogen-bond donors (Lipinski definition) is 2. The molecule has 2 N–H and O–H groups in total. The minimum Gasteiger partial charge on any atom is -0.353 e. The van der Waals surface area contributed by atoms with Crippen molar-refractivity contribution in [1.29, 1.82) is 0 Å². The molecule has 4 nitrogen and oxygen atoms in total. The van der Waals surface area contributed by atoms with Crippen molar-refractivity contribution in [2.75, 3.05) is 5.32 Å².